The van der Waals surface area contributed by atoms with Gasteiger partial charge in [-0.2, -0.15) is 0 Å². The molecule has 8 heteroatoms. The number of thioether (sulfide) groups is 1. The van der Waals surface area contributed by atoms with Gasteiger partial charge in [-0.3, -0.25) is 19.5 Å². The van der Waals surface area contributed by atoms with Gasteiger partial charge in [0.05, 0.1) is 24.0 Å². The third-order valence-corrected chi connectivity index (χ3v) is 6.16. The predicted molar refractivity (Wildman–Crippen MR) is 117 cm³/mol. The van der Waals surface area contributed by atoms with Crippen LogP contribution in [0, 0.1) is 0 Å². The highest BCUT2D eigenvalue weighted by molar-refractivity contribution is 8.14. The third-order valence-electron chi connectivity index (χ3n) is 4.71. The monoisotopic (exact) mass is 429 g/mol. The largest absolute Gasteiger partial charge is 0.476 e. The molecule has 0 radical (unpaired) electrons. The molecule has 6 nitrogen and oxygen atoms in total. The highest BCUT2D eigenvalue weighted by Crippen LogP contribution is 2.35. The molecule has 2 aliphatic rings. The van der Waals surface area contributed by atoms with Crippen LogP contribution in [0.25, 0.3) is 0 Å². The Morgan fingerprint density at radius 1 is 1.21 bits per heavy atom. The highest BCUT2D eigenvalue weighted by Gasteiger charge is 2.38. The van der Waals surface area contributed by atoms with Gasteiger partial charge in [0.2, 0.25) is 5.91 Å². The standard InChI is InChI=1S/C21H20ClN3O3S/c1-13-12-29-21(23-13)25(16-9-7-15(22)8-10-16)20(27)19-11-24(14(2)26)17-5-3-4-6-18(17)28-19/h3-10,13,19H,11-12H2,1-2H3. The molecule has 2 aromatic carbocycles. The van der Waals surface area contributed by atoms with E-state index in [1.807, 2.05) is 25.1 Å². The van der Waals surface area contributed by atoms with Crippen molar-refractivity contribution >= 4 is 51.7 Å². The molecular formula is C21H20ClN3O3S. The first kappa shape index (κ1) is 19.8. The number of nitrogens with zero attached hydrogens (tertiary/aromatic N) is 3. The molecule has 2 aliphatic heterocycles. The lowest BCUT2D eigenvalue weighted by molar-refractivity contribution is -0.124. The number of hydrogen-bond acceptors (Lipinski definition) is 5. The normalized spacial score (nSPS) is 20.5. The summed E-state index contributed by atoms with van der Waals surface area (Å²) in [5.41, 5.74) is 1.33. The Morgan fingerprint density at radius 3 is 2.59 bits per heavy atom. The number of aliphatic imine (C=N–C) groups is 1. The van der Waals surface area contributed by atoms with E-state index < -0.39 is 6.10 Å². The first-order valence-electron chi connectivity index (χ1n) is 9.28. The van der Waals surface area contributed by atoms with Crippen LogP contribution >= 0.6 is 23.4 Å². The molecule has 2 atom stereocenters. The molecule has 2 aromatic rings. The van der Waals surface area contributed by atoms with Crippen LogP contribution in [-0.4, -0.2) is 41.4 Å². The maximum Gasteiger partial charge on any atom is 0.276 e. The fourth-order valence-electron chi connectivity index (χ4n) is 3.31. The molecule has 0 bridgehead atoms. The number of carbonyl (C=O) groups is 2. The van der Waals surface area contributed by atoms with E-state index in [9.17, 15) is 9.59 Å². The molecule has 0 spiro atoms. The van der Waals surface area contributed by atoms with Crippen molar-refractivity contribution in [3.05, 3.63) is 53.6 Å². The molecule has 0 aliphatic carbocycles. The Balaban J connectivity index is 1.70. The van der Waals surface area contributed by atoms with Crippen LogP contribution in [0.3, 0.4) is 0 Å². The summed E-state index contributed by atoms with van der Waals surface area (Å²) >= 11 is 7.56. The van der Waals surface area contributed by atoms with Gasteiger partial charge in [0.15, 0.2) is 11.3 Å². The lowest BCUT2D eigenvalue weighted by atomic mass is 10.1. The van der Waals surface area contributed by atoms with Crippen LogP contribution in [0.5, 0.6) is 5.75 Å². The van der Waals surface area contributed by atoms with E-state index in [0.29, 0.717) is 27.3 Å². The number of carbonyl (C=O) groups excluding carboxylic acids is 2. The van der Waals surface area contributed by atoms with Crippen LogP contribution in [0.2, 0.25) is 5.02 Å². The average molecular weight is 430 g/mol. The van der Waals surface area contributed by atoms with E-state index in [1.54, 1.807) is 40.1 Å². The fourth-order valence-corrected chi connectivity index (χ4v) is 4.48. The Hall–Kier alpha value is -2.51. The minimum Gasteiger partial charge on any atom is -0.476 e. The maximum absolute atomic E-state index is 13.6. The van der Waals surface area contributed by atoms with Gasteiger partial charge in [0, 0.05) is 17.7 Å². The molecule has 0 aromatic heterocycles. The fraction of sp³-hybridized carbons (Fsp3) is 0.286. The van der Waals surface area contributed by atoms with Gasteiger partial charge in [-0.25, -0.2) is 0 Å². The topological polar surface area (TPSA) is 62.2 Å². The third kappa shape index (κ3) is 3.97. The molecule has 150 valence electrons. The Labute approximate surface area is 178 Å². The van der Waals surface area contributed by atoms with E-state index in [2.05, 4.69) is 4.99 Å². The van der Waals surface area contributed by atoms with Gasteiger partial charge in [0.1, 0.15) is 5.75 Å². The lowest BCUT2D eigenvalue weighted by Gasteiger charge is -2.35. The number of ether oxygens (including phenoxy) is 1. The second kappa shape index (κ2) is 8.08. The van der Waals surface area contributed by atoms with Crippen molar-refractivity contribution in [1.29, 1.82) is 0 Å². The van der Waals surface area contributed by atoms with E-state index in [1.165, 1.54) is 18.7 Å². The summed E-state index contributed by atoms with van der Waals surface area (Å²) in [4.78, 5) is 33.6. The number of para-hydroxylation sites is 2. The number of halogens is 1. The van der Waals surface area contributed by atoms with Crippen molar-refractivity contribution in [2.24, 2.45) is 4.99 Å². The zero-order chi connectivity index (χ0) is 20.5. The van der Waals surface area contributed by atoms with E-state index in [4.69, 9.17) is 16.3 Å². The number of benzene rings is 2. The summed E-state index contributed by atoms with van der Waals surface area (Å²) in [6.07, 6.45) is -0.844. The Morgan fingerprint density at radius 2 is 1.93 bits per heavy atom. The minimum atomic E-state index is -0.844. The van der Waals surface area contributed by atoms with Gasteiger partial charge >= 0.3 is 0 Å². The van der Waals surface area contributed by atoms with Gasteiger partial charge in [-0.1, -0.05) is 35.5 Å². The molecule has 29 heavy (non-hydrogen) atoms. The summed E-state index contributed by atoms with van der Waals surface area (Å²) in [5.74, 6) is 0.907. The predicted octanol–water partition coefficient (Wildman–Crippen LogP) is 3.98. The first-order chi connectivity index (χ1) is 13.9. The van der Waals surface area contributed by atoms with Crippen LogP contribution in [0.4, 0.5) is 11.4 Å². The molecule has 0 saturated carbocycles. The van der Waals surface area contributed by atoms with Crippen molar-refractivity contribution in [2.75, 3.05) is 22.1 Å². The van der Waals surface area contributed by atoms with Crippen molar-refractivity contribution in [1.82, 2.24) is 0 Å². The first-order valence-corrected chi connectivity index (χ1v) is 10.6. The average Bonchev–Trinajstić information content (AvgIpc) is 3.14. The van der Waals surface area contributed by atoms with Gasteiger partial charge in [-0.05, 0) is 43.3 Å². The molecular weight excluding hydrogens is 410 g/mol. The molecule has 0 fully saturated rings. The number of amidine groups is 1. The minimum absolute atomic E-state index is 0.124. The molecule has 0 N–H and O–H groups in total. The summed E-state index contributed by atoms with van der Waals surface area (Å²) in [6.45, 7) is 3.64. The Bertz CT molecular complexity index is 979. The number of hydrogen-bond donors (Lipinski definition) is 0. The number of fused-ring (bicyclic) bond motifs is 1. The second-order valence-corrected chi connectivity index (χ2v) is 8.35. The van der Waals surface area contributed by atoms with Crippen LogP contribution in [-0.2, 0) is 9.59 Å². The molecule has 2 amide bonds. The van der Waals surface area contributed by atoms with Crippen molar-refractivity contribution in [3.8, 4) is 5.75 Å². The van der Waals surface area contributed by atoms with Crippen LogP contribution in [0.1, 0.15) is 13.8 Å². The zero-order valence-electron chi connectivity index (χ0n) is 16.0. The summed E-state index contributed by atoms with van der Waals surface area (Å²) < 4.78 is 6.01. The summed E-state index contributed by atoms with van der Waals surface area (Å²) in [7, 11) is 0. The molecule has 2 heterocycles. The van der Waals surface area contributed by atoms with Gasteiger partial charge in [-0.15, -0.1) is 0 Å². The van der Waals surface area contributed by atoms with Gasteiger partial charge < -0.3 is 9.64 Å². The summed E-state index contributed by atoms with van der Waals surface area (Å²) in [5, 5.41) is 1.21. The van der Waals surface area contributed by atoms with Crippen LogP contribution < -0.4 is 14.5 Å². The van der Waals surface area contributed by atoms with Crippen molar-refractivity contribution < 1.29 is 14.3 Å². The van der Waals surface area contributed by atoms with E-state index in [0.717, 1.165) is 5.75 Å². The molecule has 0 saturated heterocycles. The number of anilines is 2. The second-order valence-electron chi connectivity index (χ2n) is 6.93. The van der Waals surface area contributed by atoms with Crippen LogP contribution in [0.15, 0.2) is 53.5 Å². The number of rotatable bonds is 2. The Kier molecular flexibility index (Phi) is 5.52. The smallest absolute Gasteiger partial charge is 0.276 e. The molecule has 2 unspecified atom stereocenters. The van der Waals surface area contributed by atoms with E-state index in [-0.39, 0.29) is 24.4 Å². The van der Waals surface area contributed by atoms with Gasteiger partial charge in [0.25, 0.3) is 5.91 Å². The lowest BCUT2D eigenvalue weighted by Crippen LogP contribution is -2.52. The maximum atomic E-state index is 13.6. The quantitative estimate of drug-likeness (QED) is 0.724. The zero-order valence-corrected chi connectivity index (χ0v) is 17.6. The highest BCUT2D eigenvalue weighted by atomic mass is 35.5. The van der Waals surface area contributed by atoms with Crippen molar-refractivity contribution in [3.63, 3.8) is 0 Å². The van der Waals surface area contributed by atoms with E-state index >= 15 is 0 Å². The molecule has 4 rings (SSSR count). The van der Waals surface area contributed by atoms with Crippen molar-refractivity contribution in [2.45, 2.75) is 26.0 Å². The summed E-state index contributed by atoms with van der Waals surface area (Å²) in [6, 6.07) is 14.4. The number of amides is 2. The SMILES string of the molecule is CC(=O)N1CC(C(=O)N(C2=NC(C)CS2)c2ccc(Cl)cc2)Oc2ccccc21.